The van der Waals surface area contributed by atoms with E-state index in [1.54, 1.807) is 4.90 Å². The molecule has 1 saturated heterocycles. The maximum absolute atomic E-state index is 14.6. The van der Waals surface area contributed by atoms with Gasteiger partial charge in [-0.1, -0.05) is 6.08 Å². The van der Waals surface area contributed by atoms with Crippen LogP contribution in [0.25, 0.3) is 11.9 Å². The average Bonchev–Trinajstić information content (AvgIpc) is 2.97. The highest BCUT2D eigenvalue weighted by Crippen LogP contribution is 2.47. The quantitative estimate of drug-likeness (QED) is 0.830. The number of nitrogens with zero attached hydrogens (tertiary/aromatic N) is 3. The van der Waals surface area contributed by atoms with Crippen LogP contribution < -0.4 is 10.7 Å². The molecule has 0 spiro atoms. The fourth-order valence-electron chi connectivity index (χ4n) is 3.96. The first-order valence-electron chi connectivity index (χ1n) is 8.33. The molecule has 124 valence electrons. The summed E-state index contributed by atoms with van der Waals surface area (Å²) < 4.78 is 21.5. The highest BCUT2D eigenvalue weighted by molar-refractivity contribution is 5.67. The van der Waals surface area contributed by atoms with Crippen molar-refractivity contribution in [2.24, 2.45) is 11.8 Å². The van der Waals surface area contributed by atoms with Crippen LogP contribution in [-0.2, 0) is 4.74 Å². The number of aromatic nitrogens is 2. The van der Waals surface area contributed by atoms with Gasteiger partial charge in [0.25, 0.3) is 0 Å². The van der Waals surface area contributed by atoms with Crippen LogP contribution in [0.5, 0.6) is 0 Å². The van der Waals surface area contributed by atoms with E-state index in [-0.39, 0.29) is 29.8 Å². The van der Waals surface area contributed by atoms with E-state index in [1.165, 1.54) is 7.11 Å². The molecule has 1 amide bonds. The normalized spacial score (nSPS) is 28.5. The van der Waals surface area contributed by atoms with Crippen molar-refractivity contribution >= 4 is 18.0 Å². The highest BCUT2D eigenvalue weighted by Gasteiger charge is 2.43. The molecule has 1 saturated carbocycles. The molecule has 1 aromatic heterocycles. The lowest BCUT2D eigenvalue weighted by Crippen LogP contribution is -2.35. The number of likely N-dealkylation sites (tertiary alicyclic amines) is 1. The lowest BCUT2D eigenvalue weighted by molar-refractivity contribution is 0.132. The van der Waals surface area contributed by atoms with Gasteiger partial charge in [0.15, 0.2) is 0 Å². The number of hydrogen-bond acceptors (Lipinski definition) is 3. The molecule has 4 rings (SSSR count). The van der Waals surface area contributed by atoms with Gasteiger partial charge in [-0.05, 0) is 32.6 Å². The van der Waals surface area contributed by atoms with E-state index in [9.17, 15) is 9.18 Å². The van der Waals surface area contributed by atoms with E-state index >= 15 is 0 Å². The maximum Gasteiger partial charge on any atom is 0.409 e. The molecule has 2 unspecified atom stereocenters. The van der Waals surface area contributed by atoms with Crippen LogP contribution in [0.15, 0.2) is 0 Å². The molecule has 2 fully saturated rings. The molecule has 5 nitrogen and oxygen atoms in total. The van der Waals surface area contributed by atoms with Gasteiger partial charge >= 0.3 is 6.09 Å². The van der Waals surface area contributed by atoms with Crippen molar-refractivity contribution in [1.82, 2.24) is 14.5 Å². The van der Waals surface area contributed by atoms with E-state index in [1.807, 2.05) is 0 Å². The summed E-state index contributed by atoms with van der Waals surface area (Å²) in [5.41, 5.74) is 0. The van der Waals surface area contributed by atoms with Gasteiger partial charge in [-0.2, -0.15) is 0 Å². The molecule has 1 aliphatic heterocycles. The van der Waals surface area contributed by atoms with Crippen molar-refractivity contribution in [3.05, 3.63) is 16.5 Å². The van der Waals surface area contributed by atoms with Gasteiger partial charge in [0, 0.05) is 31.0 Å². The first-order valence-corrected chi connectivity index (χ1v) is 8.33. The number of carbonyl (C=O) groups is 1. The monoisotopic (exact) mass is 319 g/mol. The minimum Gasteiger partial charge on any atom is -0.453 e. The molecular formula is C17H22FN3O2. The number of fused-ring (bicyclic) bond motifs is 2. The number of ether oxygens (including phenoxy) is 1. The van der Waals surface area contributed by atoms with Crippen LogP contribution in [0.1, 0.15) is 44.5 Å². The minimum atomic E-state index is -0.300. The number of methoxy groups -OCH3 is 1. The molecule has 0 bridgehead atoms. The van der Waals surface area contributed by atoms with Gasteiger partial charge < -0.3 is 14.2 Å². The van der Waals surface area contributed by atoms with E-state index in [0.29, 0.717) is 24.4 Å². The number of rotatable bonds is 2. The van der Waals surface area contributed by atoms with E-state index < -0.39 is 0 Å². The Morgan fingerprint density at radius 2 is 2.26 bits per heavy atom. The van der Waals surface area contributed by atoms with Crippen LogP contribution >= 0.6 is 0 Å². The highest BCUT2D eigenvalue weighted by atomic mass is 19.1. The Labute approximate surface area is 134 Å². The number of carbonyl (C=O) groups excluding carboxylic acids is 1. The summed E-state index contributed by atoms with van der Waals surface area (Å²) in [5.74, 6) is 1.40. The van der Waals surface area contributed by atoms with E-state index in [4.69, 9.17) is 4.74 Å². The van der Waals surface area contributed by atoms with Crippen molar-refractivity contribution in [2.75, 3.05) is 20.2 Å². The SMILES string of the molecule is COC(=O)N1CC[C@H](c2nc3c(n2C(C)C)=CC2CC2C=3F)C1. The number of hydrogen-bond donors (Lipinski definition) is 0. The zero-order valence-corrected chi connectivity index (χ0v) is 13.8. The first kappa shape index (κ1) is 14.7. The molecule has 1 aromatic rings. The number of imidazole rings is 1. The van der Waals surface area contributed by atoms with Crippen LogP contribution in [-0.4, -0.2) is 40.7 Å². The smallest absolute Gasteiger partial charge is 0.409 e. The predicted octanol–water partition coefficient (Wildman–Crippen LogP) is 1.53. The molecule has 0 radical (unpaired) electrons. The van der Waals surface area contributed by atoms with Gasteiger partial charge in [-0.25, -0.2) is 14.2 Å². The first-order chi connectivity index (χ1) is 11.0. The fourth-order valence-corrected chi connectivity index (χ4v) is 3.96. The molecule has 3 atom stereocenters. The van der Waals surface area contributed by atoms with Crippen molar-refractivity contribution < 1.29 is 13.9 Å². The maximum atomic E-state index is 14.6. The molecule has 3 aliphatic rings. The summed E-state index contributed by atoms with van der Waals surface area (Å²) in [4.78, 5) is 18.1. The Morgan fingerprint density at radius 1 is 1.48 bits per heavy atom. The minimum absolute atomic E-state index is 0.0454. The summed E-state index contributed by atoms with van der Waals surface area (Å²) in [6.07, 6.45) is 3.64. The van der Waals surface area contributed by atoms with Crippen molar-refractivity contribution in [3.8, 4) is 0 Å². The standard InChI is InChI=1S/C17H22FN3O2/c1-9(2)21-13-7-11-6-12(11)14(18)15(13)19-16(21)10-4-5-20(8-10)17(22)23-3/h7,9-12H,4-6,8H2,1-3H3/t10-,11?,12?/m0/s1. The predicted molar refractivity (Wildman–Crippen MR) is 83.8 cm³/mol. The van der Waals surface area contributed by atoms with Gasteiger partial charge in [-0.3, -0.25) is 0 Å². The third-order valence-corrected chi connectivity index (χ3v) is 5.24. The summed E-state index contributed by atoms with van der Waals surface area (Å²) in [6.45, 7) is 5.45. The molecule has 0 aromatic carbocycles. The van der Waals surface area contributed by atoms with E-state index in [0.717, 1.165) is 24.0 Å². The topological polar surface area (TPSA) is 47.4 Å². The Kier molecular flexibility index (Phi) is 3.25. The summed E-state index contributed by atoms with van der Waals surface area (Å²) in [7, 11) is 1.40. The largest absolute Gasteiger partial charge is 0.453 e. The third kappa shape index (κ3) is 2.18. The van der Waals surface area contributed by atoms with Crippen molar-refractivity contribution in [3.63, 3.8) is 0 Å². The van der Waals surface area contributed by atoms with Crippen LogP contribution in [0.2, 0.25) is 0 Å². The van der Waals surface area contributed by atoms with Crippen LogP contribution in [0.3, 0.4) is 0 Å². The molecule has 2 aliphatic carbocycles. The summed E-state index contributed by atoms with van der Waals surface area (Å²) in [5, 5.41) is 1.46. The molecule has 6 heteroatoms. The lowest BCUT2D eigenvalue weighted by atomic mass is 10.1. The molecule has 2 heterocycles. The second-order valence-corrected chi connectivity index (χ2v) is 7.09. The Hall–Kier alpha value is -1.85. The molecular weight excluding hydrogens is 297 g/mol. The van der Waals surface area contributed by atoms with Gasteiger partial charge in [-0.15, -0.1) is 0 Å². The van der Waals surface area contributed by atoms with Crippen molar-refractivity contribution in [2.45, 2.75) is 38.6 Å². The van der Waals surface area contributed by atoms with Crippen molar-refractivity contribution in [1.29, 1.82) is 0 Å². The Bertz CT molecular complexity index is 782. The zero-order chi connectivity index (χ0) is 16.3. The second-order valence-electron chi connectivity index (χ2n) is 7.09. The Balaban J connectivity index is 1.77. The Morgan fingerprint density at radius 3 is 2.96 bits per heavy atom. The second kappa shape index (κ2) is 5.08. The van der Waals surface area contributed by atoms with Crippen LogP contribution in [0, 0.1) is 11.8 Å². The summed E-state index contributed by atoms with van der Waals surface area (Å²) >= 11 is 0. The zero-order valence-electron chi connectivity index (χ0n) is 13.8. The average molecular weight is 319 g/mol. The van der Waals surface area contributed by atoms with Gasteiger partial charge in [0.2, 0.25) is 0 Å². The molecule has 23 heavy (non-hydrogen) atoms. The number of halogens is 1. The van der Waals surface area contributed by atoms with E-state index in [2.05, 4.69) is 29.5 Å². The van der Waals surface area contributed by atoms with Gasteiger partial charge in [0.1, 0.15) is 17.0 Å². The van der Waals surface area contributed by atoms with Gasteiger partial charge in [0.05, 0.1) is 12.5 Å². The summed E-state index contributed by atoms with van der Waals surface area (Å²) in [6, 6.07) is 0.216. The van der Waals surface area contributed by atoms with Crippen LogP contribution in [0.4, 0.5) is 9.18 Å². The fraction of sp³-hybridized carbons (Fsp3) is 0.647. The molecule has 0 N–H and O–H groups in total. The number of amides is 1. The lowest BCUT2D eigenvalue weighted by Gasteiger charge is -2.18. The third-order valence-electron chi connectivity index (χ3n) is 5.24.